The van der Waals surface area contributed by atoms with Gasteiger partial charge < -0.3 is 10.1 Å². The molecule has 0 aliphatic rings. The van der Waals surface area contributed by atoms with E-state index in [1.165, 1.54) is 24.3 Å². The predicted octanol–water partition coefficient (Wildman–Crippen LogP) is 3.61. The molecule has 0 aliphatic carbocycles. The molecule has 0 heterocycles. The topological polar surface area (TPSA) is 117 Å². The summed E-state index contributed by atoms with van der Waals surface area (Å²) < 4.78 is 33.3. The summed E-state index contributed by atoms with van der Waals surface area (Å²) in [5, 5.41) is 12.1. The smallest absolute Gasteiger partial charge is 0.264 e. The van der Waals surface area contributed by atoms with Crippen molar-refractivity contribution in [3.05, 3.63) is 88.4 Å². The molecular weight excluding hydrogens is 490 g/mol. The SMILES string of the molecule is Cc1c(Cl)cccc1N(CC(=O)NCc1cccc(OCC=O)c1)S(=O)(=O)c1ccc(C#N)cc1. The molecule has 0 bridgehead atoms. The Hall–Kier alpha value is -3.87. The van der Waals surface area contributed by atoms with Crippen molar-refractivity contribution in [2.24, 2.45) is 0 Å². The van der Waals surface area contributed by atoms with Crippen LogP contribution in [0.5, 0.6) is 5.75 Å². The number of nitrogens with one attached hydrogen (secondary N) is 1. The number of anilines is 1. The largest absolute Gasteiger partial charge is 0.486 e. The van der Waals surface area contributed by atoms with E-state index in [-0.39, 0.29) is 23.7 Å². The molecule has 180 valence electrons. The number of ether oxygens (including phenoxy) is 1. The second-order valence-corrected chi connectivity index (χ2v) is 9.70. The van der Waals surface area contributed by atoms with Crippen LogP contribution in [0.15, 0.2) is 71.6 Å². The van der Waals surface area contributed by atoms with E-state index in [1.807, 2.05) is 6.07 Å². The number of amides is 1. The lowest BCUT2D eigenvalue weighted by atomic mass is 10.2. The Morgan fingerprint density at radius 1 is 1.14 bits per heavy atom. The molecule has 1 amide bonds. The zero-order valence-electron chi connectivity index (χ0n) is 18.8. The molecule has 8 nitrogen and oxygen atoms in total. The van der Waals surface area contributed by atoms with Crippen LogP contribution < -0.4 is 14.4 Å². The number of halogens is 1. The van der Waals surface area contributed by atoms with Gasteiger partial charge in [-0.15, -0.1) is 0 Å². The first-order valence-electron chi connectivity index (χ1n) is 10.5. The molecule has 3 aromatic carbocycles. The molecule has 0 saturated carbocycles. The van der Waals surface area contributed by atoms with E-state index in [0.29, 0.717) is 33.7 Å². The Kier molecular flexibility index (Phi) is 8.47. The van der Waals surface area contributed by atoms with Gasteiger partial charge in [0.15, 0.2) is 6.29 Å². The number of aldehydes is 1. The van der Waals surface area contributed by atoms with E-state index in [0.717, 1.165) is 4.31 Å². The van der Waals surface area contributed by atoms with Crippen LogP contribution >= 0.6 is 11.6 Å². The number of hydrogen-bond donors (Lipinski definition) is 1. The van der Waals surface area contributed by atoms with Crippen molar-refractivity contribution >= 4 is 39.5 Å². The highest BCUT2D eigenvalue weighted by Crippen LogP contribution is 2.31. The van der Waals surface area contributed by atoms with E-state index in [9.17, 15) is 18.0 Å². The first-order valence-corrected chi connectivity index (χ1v) is 12.3. The molecule has 0 unspecified atom stereocenters. The zero-order chi connectivity index (χ0) is 25.4. The zero-order valence-corrected chi connectivity index (χ0v) is 20.3. The van der Waals surface area contributed by atoms with Gasteiger partial charge in [0.2, 0.25) is 5.91 Å². The van der Waals surface area contributed by atoms with Crippen LogP contribution in [-0.4, -0.2) is 33.8 Å². The summed E-state index contributed by atoms with van der Waals surface area (Å²) in [4.78, 5) is 23.3. The average Bonchev–Trinajstić information content (AvgIpc) is 2.87. The number of nitriles is 1. The molecule has 0 aromatic heterocycles. The van der Waals surface area contributed by atoms with Crippen LogP contribution in [0.2, 0.25) is 5.02 Å². The monoisotopic (exact) mass is 511 g/mol. The molecule has 0 atom stereocenters. The fourth-order valence-corrected chi connectivity index (χ4v) is 4.91. The number of nitrogens with zero attached hydrogens (tertiary/aromatic N) is 2. The highest BCUT2D eigenvalue weighted by atomic mass is 35.5. The van der Waals surface area contributed by atoms with Gasteiger partial charge in [-0.2, -0.15) is 5.26 Å². The number of sulfonamides is 1. The third-order valence-corrected chi connectivity index (χ3v) is 7.26. The minimum Gasteiger partial charge on any atom is -0.486 e. The van der Waals surface area contributed by atoms with E-state index in [2.05, 4.69) is 5.32 Å². The third-order valence-electron chi connectivity index (χ3n) is 5.07. The molecule has 1 N–H and O–H groups in total. The van der Waals surface area contributed by atoms with E-state index in [1.54, 1.807) is 49.4 Å². The molecular formula is C25H22ClN3O5S. The van der Waals surface area contributed by atoms with Crippen molar-refractivity contribution in [1.82, 2.24) is 5.32 Å². The van der Waals surface area contributed by atoms with Gasteiger partial charge in [-0.05, 0) is 66.6 Å². The van der Waals surface area contributed by atoms with Gasteiger partial charge in [0, 0.05) is 11.6 Å². The predicted molar refractivity (Wildman–Crippen MR) is 132 cm³/mol. The summed E-state index contributed by atoms with van der Waals surface area (Å²) in [5.74, 6) is -0.0655. The van der Waals surface area contributed by atoms with Gasteiger partial charge in [0.25, 0.3) is 10.0 Å². The van der Waals surface area contributed by atoms with Gasteiger partial charge in [0.05, 0.1) is 22.2 Å². The summed E-state index contributed by atoms with van der Waals surface area (Å²) in [6, 6.07) is 19.0. The molecule has 0 saturated heterocycles. The summed E-state index contributed by atoms with van der Waals surface area (Å²) in [7, 11) is -4.16. The van der Waals surface area contributed by atoms with E-state index >= 15 is 0 Å². The molecule has 0 aliphatic heterocycles. The second kappa shape index (κ2) is 11.5. The molecule has 3 rings (SSSR count). The Morgan fingerprint density at radius 3 is 2.54 bits per heavy atom. The summed E-state index contributed by atoms with van der Waals surface area (Å²) in [5.41, 5.74) is 1.79. The Balaban J connectivity index is 1.86. The summed E-state index contributed by atoms with van der Waals surface area (Å²) in [6.07, 6.45) is 0.634. The normalized spacial score (nSPS) is 10.8. The molecule has 0 spiro atoms. The van der Waals surface area contributed by atoms with E-state index in [4.69, 9.17) is 21.6 Å². The van der Waals surface area contributed by atoms with Crippen LogP contribution in [0.3, 0.4) is 0 Å². The van der Waals surface area contributed by atoms with Crippen molar-refractivity contribution in [1.29, 1.82) is 5.26 Å². The first kappa shape index (κ1) is 25.7. The maximum absolute atomic E-state index is 13.5. The lowest BCUT2D eigenvalue weighted by molar-refractivity contribution is -0.119. The van der Waals surface area contributed by atoms with Crippen LogP contribution in [0.25, 0.3) is 0 Å². The van der Waals surface area contributed by atoms with Crippen LogP contribution in [0.4, 0.5) is 5.69 Å². The van der Waals surface area contributed by atoms with Gasteiger partial charge in [-0.1, -0.05) is 29.8 Å². The fraction of sp³-hybridized carbons (Fsp3) is 0.160. The molecule has 10 heteroatoms. The average molecular weight is 512 g/mol. The summed E-state index contributed by atoms with van der Waals surface area (Å²) >= 11 is 6.23. The van der Waals surface area contributed by atoms with Gasteiger partial charge in [-0.3, -0.25) is 13.9 Å². The van der Waals surface area contributed by atoms with Crippen molar-refractivity contribution in [2.45, 2.75) is 18.4 Å². The number of carbonyl (C=O) groups excluding carboxylic acids is 2. The number of benzene rings is 3. The maximum Gasteiger partial charge on any atom is 0.264 e. The number of rotatable bonds is 10. The van der Waals surface area contributed by atoms with Gasteiger partial charge in [-0.25, -0.2) is 8.42 Å². The minimum atomic E-state index is -4.16. The number of carbonyl (C=O) groups is 2. The summed E-state index contributed by atoms with van der Waals surface area (Å²) in [6.45, 7) is 1.21. The van der Waals surface area contributed by atoms with Crippen LogP contribution in [0.1, 0.15) is 16.7 Å². The maximum atomic E-state index is 13.5. The van der Waals surface area contributed by atoms with Crippen molar-refractivity contribution < 1.29 is 22.7 Å². The Morgan fingerprint density at radius 2 is 1.86 bits per heavy atom. The highest BCUT2D eigenvalue weighted by Gasteiger charge is 2.28. The highest BCUT2D eigenvalue weighted by molar-refractivity contribution is 7.92. The fourth-order valence-electron chi connectivity index (χ4n) is 3.26. The Labute approximate surface area is 208 Å². The lowest BCUT2D eigenvalue weighted by Gasteiger charge is -2.26. The van der Waals surface area contributed by atoms with Crippen molar-refractivity contribution in [3.63, 3.8) is 0 Å². The van der Waals surface area contributed by atoms with Crippen LogP contribution in [0, 0.1) is 18.3 Å². The van der Waals surface area contributed by atoms with Gasteiger partial charge >= 0.3 is 0 Å². The molecule has 3 aromatic rings. The van der Waals surface area contributed by atoms with Crippen LogP contribution in [-0.2, 0) is 26.2 Å². The first-order chi connectivity index (χ1) is 16.8. The lowest BCUT2D eigenvalue weighted by Crippen LogP contribution is -2.41. The molecule has 35 heavy (non-hydrogen) atoms. The number of hydrogen-bond acceptors (Lipinski definition) is 6. The third kappa shape index (κ3) is 6.38. The van der Waals surface area contributed by atoms with E-state index < -0.39 is 22.5 Å². The van der Waals surface area contributed by atoms with Crippen molar-refractivity contribution in [2.75, 3.05) is 17.5 Å². The Bertz CT molecular complexity index is 1370. The molecule has 0 radical (unpaired) electrons. The second-order valence-electron chi connectivity index (χ2n) is 7.43. The standard InChI is InChI=1S/C25H22ClN3O5S/c1-18-23(26)6-3-7-24(18)29(35(32,33)22-10-8-19(15-27)9-11-22)17-25(31)28-16-20-4-2-5-21(14-20)34-13-12-30/h2-12,14H,13,16-17H2,1H3,(H,28,31). The molecule has 0 fully saturated rings. The van der Waals surface area contributed by atoms with Crippen molar-refractivity contribution in [3.8, 4) is 11.8 Å². The van der Waals surface area contributed by atoms with Gasteiger partial charge in [0.1, 0.15) is 18.9 Å². The quantitative estimate of drug-likeness (QED) is 0.416. The minimum absolute atomic E-state index is 0.0660.